The van der Waals surface area contributed by atoms with E-state index in [4.69, 9.17) is 13.8 Å². The molecule has 0 aliphatic carbocycles. The van der Waals surface area contributed by atoms with Gasteiger partial charge in [-0.2, -0.15) is 0 Å². The topological polar surface area (TPSA) is 114 Å². The lowest BCUT2D eigenvalue weighted by Crippen LogP contribution is -2.47. The summed E-state index contributed by atoms with van der Waals surface area (Å²) in [7, 11) is 1.18. The number of carbonyl (C=O) groups excluding carboxylic acids is 2. The molecule has 1 N–H and O–H groups in total. The van der Waals surface area contributed by atoms with Crippen LogP contribution >= 0.6 is 7.82 Å². The minimum atomic E-state index is -4.69. The maximum atomic E-state index is 13.4. The molecule has 1 amide bonds. The fourth-order valence-corrected chi connectivity index (χ4v) is 9.16. The lowest BCUT2D eigenvalue weighted by molar-refractivity contribution is -0.870. The van der Waals surface area contributed by atoms with Gasteiger partial charge in [0.05, 0.1) is 33.8 Å². The van der Waals surface area contributed by atoms with Crippen molar-refractivity contribution in [3.63, 3.8) is 0 Å². The molecule has 10 heteroatoms. The molecule has 0 aliphatic rings. The summed E-state index contributed by atoms with van der Waals surface area (Å²) in [6.07, 6.45) is 58.2. The highest BCUT2D eigenvalue weighted by Crippen LogP contribution is 2.38. The van der Waals surface area contributed by atoms with E-state index >= 15 is 0 Å². The normalized spacial score (nSPS) is 14.0. The fourth-order valence-electron chi connectivity index (χ4n) is 8.44. The Kier molecular flexibility index (Phi) is 48.5. The number of ether oxygens (including phenoxy) is 1. The van der Waals surface area contributed by atoms with E-state index in [1.54, 1.807) is 0 Å². The second-order valence-electron chi connectivity index (χ2n) is 21.1. The van der Waals surface area contributed by atoms with E-state index < -0.39 is 20.0 Å². The van der Waals surface area contributed by atoms with Gasteiger partial charge in [-0.25, -0.2) is 0 Å². The molecule has 0 fully saturated rings. The average molecular weight is 994 g/mol. The van der Waals surface area contributed by atoms with E-state index in [0.29, 0.717) is 17.4 Å². The molecule has 3 atom stereocenters. The predicted octanol–water partition coefficient (Wildman–Crippen LogP) is 16.9. The lowest BCUT2D eigenvalue weighted by Gasteiger charge is -2.30. The van der Waals surface area contributed by atoms with Crippen LogP contribution in [0.3, 0.4) is 0 Å². The lowest BCUT2D eigenvalue weighted by atomic mass is 10.0. The van der Waals surface area contributed by atoms with Crippen LogP contribution in [0.25, 0.3) is 0 Å². The summed E-state index contributed by atoms with van der Waals surface area (Å²) in [6.45, 7) is 6.81. The van der Waals surface area contributed by atoms with Crippen molar-refractivity contribution in [2.45, 2.75) is 290 Å². The van der Waals surface area contributed by atoms with Crippen molar-refractivity contribution < 1.29 is 37.3 Å². The largest absolute Gasteiger partial charge is 0.756 e. The molecular formula is C59H113N2O7P. The maximum Gasteiger partial charge on any atom is 0.306 e. The number of hydrogen-bond donors (Lipinski definition) is 1. The monoisotopic (exact) mass is 993 g/mol. The summed E-state index contributed by atoms with van der Waals surface area (Å²) in [5.74, 6) is -0.547. The van der Waals surface area contributed by atoms with Crippen molar-refractivity contribution in [3.8, 4) is 0 Å². The molecule has 0 heterocycles. The maximum absolute atomic E-state index is 13.4. The summed E-state index contributed by atoms with van der Waals surface area (Å²) in [6, 6.07) is -0.889. The van der Waals surface area contributed by atoms with Crippen LogP contribution in [0.5, 0.6) is 0 Å². The van der Waals surface area contributed by atoms with E-state index in [9.17, 15) is 19.0 Å². The SMILES string of the molecule is CCCC/C=C\CCCCCCCC(=O)NC(COP(=O)([O-])OCC[N+](C)(C)C)C(/C=C\CCCCCCCCCCCCC)OC(=O)CCCCCCCCCCC/C=C/CCCCCCCC. The summed E-state index contributed by atoms with van der Waals surface area (Å²) in [5.41, 5.74) is 0. The standard InChI is InChI=1S/C59H113N2O7P/c1-7-10-13-16-19-22-25-27-28-29-30-31-32-34-37-40-43-46-49-52-59(63)68-57(50-47-44-41-38-36-33-26-23-20-17-14-11-8-2)56(55-67-69(64,65)66-54-53-61(4,5)6)60-58(62)51-48-45-42-39-35-24-21-18-15-12-9-3/h18,21,27-28,47,50,56-57H,7-17,19-20,22-26,29-46,48-49,51-55H2,1-6H3,(H-,60,62,64,65)/b21-18-,28-27+,50-47-. The zero-order valence-corrected chi connectivity index (χ0v) is 47.2. The number of amides is 1. The summed E-state index contributed by atoms with van der Waals surface area (Å²) in [5, 5.41) is 3.01. The summed E-state index contributed by atoms with van der Waals surface area (Å²) >= 11 is 0. The van der Waals surface area contributed by atoms with Gasteiger partial charge in [0.15, 0.2) is 0 Å². The first-order valence-corrected chi connectivity index (χ1v) is 30.8. The van der Waals surface area contributed by atoms with Gasteiger partial charge in [0.2, 0.25) is 5.91 Å². The molecule has 406 valence electrons. The van der Waals surface area contributed by atoms with Gasteiger partial charge in [0.25, 0.3) is 7.82 Å². The number of hydrogen-bond acceptors (Lipinski definition) is 7. The van der Waals surface area contributed by atoms with Crippen molar-refractivity contribution in [2.24, 2.45) is 0 Å². The fraction of sp³-hybridized carbons (Fsp3) is 0.864. The number of quaternary nitrogens is 1. The third-order valence-corrected chi connectivity index (χ3v) is 14.0. The number of carbonyl (C=O) groups is 2. The number of phosphoric ester groups is 1. The number of nitrogens with zero attached hydrogens (tertiary/aromatic N) is 1. The Labute approximate surface area is 427 Å². The van der Waals surface area contributed by atoms with Gasteiger partial charge in [-0.3, -0.25) is 14.2 Å². The van der Waals surface area contributed by atoms with Crippen molar-refractivity contribution in [1.29, 1.82) is 0 Å². The summed E-state index contributed by atoms with van der Waals surface area (Å²) in [4.78, 5) is 39.8. The molecule has 0 aliphatic heterocycles. The first-order valence-electron chi connectivity index (χ1n) is 29.3. The van der Waals surface area contributed by atoms with E-state index in [0.717, 1.165) is 83.5 Å². The predicted molar refractivity (Wildman–Crippen MR) is 293 cm³/mol. The highest BCUT2D eigenvalue weighted by molar-refractivity contribution is 7.45. The molecule has 0 rings (SSSR count). The van der Waals surface area contributed by atoms with Gasteiger partial charge in [0.1, 0.15) is 19.3 Å². The minimum Gasteiger partial charge on any atom is -0.756 e. The van der Waals surface area contributed by atoms with Gasteiger partial charge in [-0.1, -0.05) is 225 Å². The van der Waals surface area contributed by atoms with Crippen molar-refractivity contribution >= 4 is 19.7 Å². The van der Waals surface area contributed by atoms with Gasteiger partial charge >= 0.3 is 5.97 Å². The third-order valence-electron chi connectivity index (χ3n) is 13.0. The van der Waals surface area contributed by atoms with Crippen LogP contribution in [0.1, 0.15) is 278 Å². The Bertz CT molecular complexity index is 1280. The highest BCUT2D eigenvalue weighted by atomic mass is 31.2. The Morgan fingerprint density at radius 2 is 0.855 bits per heavy atom. The molecule has 0 aromatic rings. The van der Waals surface area contributed by atoms with E-state index in [1.807, 2.05) is 33.3 Å². The van der Waals surface area contributed by atoms with Crippen LogP contribution in [-0.4, -0.2) is 69.4 Å². The van der Waals surface area contributed by atoms with Crippen LogP contribution in [0.4, 0.5) is 0 Å². The molecular weight excluding hydrogens is 880 g/mol. The first kappa shape index (κ1) is 67.2. The average Bonchev–Trinajstić information content (AvgIpc) is 3.31. The highest BCUT2D eigenvalue weighted by Gasteiger charge is 2.27. The number of unbranched alkanes of at least 4 members (excludes halogenated alkanes) is 33. The molecule has 0 aromatic carbocycles. The van der Waals surface area contributed by atoms with Gasteiger partial charge in [0, 0.05) is 12.8 Å². The second-order valence-corrected chi connectivity index (χ2v) is 22.6. The smallest absolute Gasteiger partial charge is 0.306 e. The van der Waals surface area contributed by atoms with Crippen LogP contribution in [-0.2, 0) is 27.9 Å². The minimum absolute atomic E-state index is 0.0228. The van der Waals surface area contributed by atoms with Crippen molar-refractivity contribution in [2.75, 3.05) is 40.9 Å². The van der Waals surface area contributed by atoms with E-state index in [-0.39, 0.29) is 31.5 Å². The van der Waals surface area contributed by atoms with Gasteiger partial charge in [-0.05, 0) is 76.7 Å². The molecule has 3 unspecified atom stereocenters. The molecule has 69 heavy (non-hydrogen) atoms. The van der Waals surface area contributed by atoms with Crippen molar-refractivity contribution in [1.82, 2.24) is 5.32 Å². The quantitative estimate of drug-likeness (QED) is 0.0212. The zero-order valence-electron chi connectivity index (χ0n) is 46.3. The Morgan fingerprint density at radius 1 is 0.493 bits per heavy atom. The second kappa shape index (κ2) is 49.8. The van der Waals surface area contributed by atoms with Gasteiger partial charge < -0.3 is 28.5 Å². The number of likely N-dealkylation sites (N-methyl/N-ethyl adjacent to an activating group) is 1. The van der Waals surface area contributed by atoms with Crippen molar-refractivity contribution in [3.05, 3.63) is 36.5 Å². The van der Waals surface area contributed by atoms with Gasteiger partial charge in [-0.15, -0.1) is 0 Å². The molecule has 0 saturated carbocycles. The van der Waals surface area contributed by atoms with Crippen LogP contribution in [0, 0.1) is 0 Å². The molecule has 0 saturated heterocycles. The number of esters is 1. The number of allylic oxidation sites excluding steroid dienone is 5. The van der Waals surface area contributed by atoms with Crippen LogP contribution in [0.2, 0.25) is 0 Å². The van der Waals surface area contributed by atoms with Crippen LogP contribution < -0.4 is 10.2 Å². The molecule has 0 aromatic heterocycles. The number of nitrogens with one attached hydrogen (secondary N) is 1. The molecule has 0 radical (unpaired) electrons. The van der Waals surface area contributed by atoms with E-state index in [2.05, 4.69) is 50.4 Å². The molecule has 0 spiro atoms. The summed E-state index contributed by atoms with van der Waals surface area (Å²) < 4.78 is 30.2. The Hall–Kier alpha value is -1.77. The Balaban J connectivity index is 5.28. The number of rotatable bonds is 53. The van der Waals surface area contributed by atoms with E-state index in [1.165, 1.54) is 161 Å². The number of phosphoric acid groups is 1. The zero-order chi connectivity index (χ0) is 50.8. The molecule has 0 bridgehead atoms. The third kappa shape index (κ3) is 51.0. The first-order chi connectivity index (χ1) is 33.4. The Morgan fingerprint density at radius 3 is 1.28 bits per heavy atom. The van der Waals surface area contributed by atoms with Crippen LogP contribution in [0.15, 0.2) is 36.5 Å². The molecule has 9 nitrogen and oxygen atoms in total.